The van der Waals surface area contributed by atoms with Crippen LogP contribution in [0.1, 0.15) is 12.8 Å². The van der Waals surface area contributed by atoms with Crippen LogP contribution in [0.15, 0.2) is 6.20 Å². The van der Waals surface area contributed by atoms with Gasteiger partial charge in [0.15, 0.2) is 5.82 Å². The van der Waals surface area contributed by atoms with E-state index in [1.165, 1.54) is 11.1 Å². The summed E-state index contributed by atoms with van der Waals surface area (Å²) in [6, 6.07) is 0.147. The number of likely N-dealkylation sites (tertiary alicyclic amines) is 1. The third-order valence-electron chi connectivity index (χ3n) is 2.89. The molecule has 1 saturated heterocycles. The van der Waals surface area contributed by atoms with Gasteiger partial charge in [0.25, 0.3) is 0 Å². The molecule has 0 atom stereocenters. The number of carbonyl (C=O) groups is 1. The number of halogens is 1. The molecule has 8 heteroatoms. The van der Waals surface area contributed by atoms with Crippen LogP contribution >= 0.6 is 11.6 Å². The summed E-state index contributed by atoms with van der Waals surface area (Å²) in [4.78, 5) is 19.9. The zero-order valence-corrected chi connectivity index (χ0v) is 10.4. The Morgan fingerprint density at radius 1 is 1.56 bits per heavy atom. The Morgan fingerprint density at radius 2 is 2.22 bits per heavy atom. The molecule has 1 aromatic rings. The fourth-order valence-electron chi connectivity index (χ4n) is 1.89. The van der Waals surface area contributed by atoms with Gasteiger partial charge in [0.2, 0.25) is 5.28 Å². The van der Waals surface area contributed by atoms with E-state index >= 15 is 0 Å². The van der Waals surface area contributed by atoms with Crippen LogP contribution in [0.3, 0.4) is 0 Å². The lowest BCUT2D eigenvalue weighted by Crippen LogP contribution is -2.41. The molecule has 98 valence electrons. The molecule has 1 aliphatic rings. The number of carboxylic acid groups (broad SMARTS) is 1. The molecule has 0 spiro atoms. The van der Waals surface area contributed by atoms with Crippen LogP contribution in [-0.2, 0) is 0 Å². The van der Waals surface area contributed by atoms with Gasteiger partial charge in [-0.2, -0.15) is 4.98 Å². The fourth-order valence-corrected chi connectivity index (χ4v) is 2.03. The molecule has 7 nitrogen and oxygen atoms in total. The van der Waals surface area contributed by atoms with E-state index < -0.39 is 6.09 Å². The second-order valence-electron chi connectivity index (χ2n) is 4.13. The van der Waals surface area contributed by atoms with Crippen molar-refractivity contribution in [2.45, 2.75) is 18.9 Å². The Kier molecular flexibility index (Phi) is 3.71. The molecule has 0 saturated carbocycles. The second-order valence-corrected chi connectivity index (χ2v) is 4.47. The number of nitrogens with two attached hydrogens (primary N) is 1. The minimum atomic E-state index is -0.877. The van der Waals surface area contributed by atoms with Crippen LogP contribution < -0.4 is 11.1 Å². The van der Waals surface area contributed by atoms with Crippen molar-refractivity contribution < 1.29 is 9.90 Å². The maximum atomic E-state index is 10.8. The average molecular weight is 272 g/mol. The monoisotopic (exact) mass is 271 g/mol. The number of nitrogens with zero attached hydrogens (tertiary/aromatic N) is 3. The minimum Gasteiger partial charge on any atom is -0.465 e. The van der Waals surface area contributed by atoms with Crippen molar-refractivity contribution in [3.05, 3.63) is 11.5 Å². The molecule has 2 heterocycles. The Labute approximate surface area is 109 Å². The zero-order valence-electron chi connectivity index (χ0n) is 9.64. The SMILES string of the molecule is Nc1cnc(Cl)nc1NC1CCN(C(=O)O)CC1. The van der Waals surface area contributed by atoms with Crippen LogP contribution in [0.5, 0.6) is 0 Å². The first kappa shape index (κ1) is 12.7. The molecule has 1 aromatic heterocycles. The summed E-state index contributed by atoms with van der Waals surface area (Å²) in [5, 5.41) is 12.1. The van der Waals surface area contributed by atoms with E-state index in [-0.39, 0.29) is 11.3 Å². The smallest absolute Gasteiger partial charge is 0.407 e. The lowest BCUT2D eigenvalue weighted by Gasteiger charge is -2.30. The van der Waals surface area contributed by atoms with Gasteiger partial charge in [0, 0.05) is 19.1 Å². The maximum absolute atomic E-state index is 10.8. The van der Waals surface area contributed by atoms with Crippen molar-refractivity contribution in [3.8, 4) is 0 Å². The quantitative estimate of drug-likeness (QED) is 0.700. The Balaban J connectivity index is 1.95. The number of piperidine rings is 1. The first-order chi connectivity index (χ1) is 8.56. The normalized spacial score (nSPS) is 16.6. The number of hydrogen-bond acceptors (Lipinski definition) is 5. The molecule has 0 unspecified atom stereocenters. The van der Waals surface area contributed by atoms with Gasteiger partial charge in [0.1, 0.15) is 0 Å². The minimum absolute atomic E-state index is 0.134. The first-order valence-corrected chi connectivity index (χ1v) is 5.96. The zero-order chi connectivity index (χ0) is 13.1. The van der Waals surface area contributed by atoms with E-state index in [9.17, 15) is 4.79 Å². The molecule has 0 bridgehead atoms. The number of nitrogen functional groups attached to an aromatic ring is 1. The summed E-state index contributed by atoms with van der Waals surface area (Å²) in [5.74, 6) is 0.503. The van der Waals surface area contributed by atoms with E-state index in [4.69, 9.17) is 22.4 Å². The van der Waals surface area contributed by atoms with Gasteiger partial charge in [-0.25, -0.2) is 9.78 Å². The fraction of sp³-hybridized carbons (Fsp3) is 0.500. The molecule has 0 radical (unpaired) electrons. The maximum Gasteiger partial charge on any atom is 0.407 e. The number of rotatable bonds is 2. The van der Waals surface area contributed by atoms with Crippen LogP contribution in [-0.4, -0.2) is 45.2 Å². The van der Waals surface area contributed by atoms with E-state index in [1.807, 2.05) is 0 Å². The number of nitrogens with one attached hydrogen (secondary N) is 1. The summed E-state index contributed by atoms with van der Waals surface area (Å²) >= 11 is 5.70. The molecule has 4 N–H and O–H groups in total. The first-order valence-electron chi connectivity index (χ1n) is 5.58. The van der Waals surface area contributed by atoms with E-state index in [0.717, 1.165) is 0 Å². The van der Waals surface area contributed by atoms with Crippen molar-refractivity contribution in [1.82, 2.24) is 14.9 Å². The van der Waals surface area contributed by atoms with Crippen molar-refractivity contribution >= 4 is 29.2 Å². The lowest BCUT2D eigenvalue weighted by atomic mass is 10.1. The predicted octanol–water partition coefficient (Wildman–Crippen LogP) is 1.27. The average Bonchev–Trinajstić information content (AvgIpc) is 2.34. The Hall–Kier alpha value is -1.76. The Morgan fingerprint density at radius 3 is 2.83 bits per heavy atom. The number of aromatic nitrogens is 2. The third-order valence-corrected chi connectivity index (χ3v) is 3.08. The van der Waals surface area contributed by atoms with Crippen LogP contribution in [0, 0.1) is 0 Å². The van der Waals surface area contributed by atoms with Gasteiger partial charge in [-0.15, -0.1) is 0 Å². The number of hydrogen-bond donors (Lipinski definition) is 3. The number of anilines is 2. The topological polar surface area (TPSA) is 104 Å². The van der Waals surface area contributed by atoms with Crippen molar-refractivity contribution in [2.75, 3.05) is 24.1 Å². The van der Waals surface area contributed by atoms with E-state index in [0.29, 0.717) is 37.4 Å². The summed E-state index contributed by atoms with van der Waals surface area (Å²) in [5.41, 5.74) is 6.16. The molecular formula is C10H14ClN5O2. The summed E-state index contributed by atoms with van der Waals surface area (Å²) in [7, 11) is 0. The van der Waals surface area contributed by atoms with Crippen molar-refractivity contribution in [3.63, 3.8) is 0 Å². The molecule has 0 aromatic carbocycles. The summed E-state index contributed by atoms with van der Waals surface area (Å²) < 4.78 is 0. The molecular weight excluding hydrogens is 258 g/mol. The van der Waals surface area contributed by atoms with E-state index in [2.05, 4.69) is 15.3 Å². The van der Waals surface area contributed by atoms with E-state index in [1.54, 1.807) is 0 Å². The third kappa shape index (κ3) is 2.92. The highest BCUT2D eigenvalue weighted by molar-refractivity contribution is 6.28. The van der Waals surface area contributed by atoms with Crippen LogP contribution in [0.2, 0.25) is 5.28 Å². The molecule has 0 aliphatic carbocycles. The largest absolute Gasteiger partial charge is 0.465 e. The highest BCUT2D eigenvalue weighted by Crippen LogP contribution is 2.20. The highest BCUT2D eigenvalue weighted by atomic mass is 35.5. The highest BCUT2D eigenvalue weighted by Gasteiger charge is 2.22. The van der Waals surface area contributed by atoms with Crippen LogP contribution in [0.25, 0.3) is 0 Å². The number of amides is 1. The van der Waals surface area contributed by atoms with Gasteiger partial charge >= 0.3 is 6.09 Å². The molecule has 1 amide bonds. The molecule has 1 fully saturated rings. The summed E-state index contributed by atoms with van der Waals surface area (Å²) in [6.45, 7) is 1.01. The van der Waals surface area contributed by atoms with Crippen molar-refractivity contribution in [1.29, 1.82) is 0 Å². The van der Waals surface area contributed by atoms with Gasteiger partial charge in [-0.05, 0) is 24.4 Å². The standard InChI is InChI=1S/C10H14ClN5O2/c11-9-13-5-7(12)8(15-9)14-6-1-3-16(4-2-6)10(17)18/h5-6H,1-4,12H2,(H,17,18)(H,13,14,15). The van der Waals surface area contributed by atoms with Gasteiger partial charge < -0.3 is 21.1 Å². The van der Waals surface area contributed by atoms with Gasteiger partial charge in [-0.3, -0.25) is 0 Å². The lowest BCUT2D eigenvalue weighted by molar-refractivity contribution is 0.134. The predicted molar refractivity (Wildman–Crippen MR) is 67.7 cm³/mol. The van der Waals surface area contributed by atoms with Crippen molar-refractivity contribution in [2.24, 2.45) is 0 Å². The molecule has 18 heavy (non-hydrogen) atoms. The van der Waals surface area contributed by atoms with Gasteiger partial charge in [-0.1, -0.05) is 0 Å². The second kappa shape index (κ2) is 5.26. The van der Waals surface area contributed by atoms with Gasteiger partial charge in [0.05, 0.1) is 11.9 Å². The Bertz CT molecular complexity index is 448. The molecule has 2 rings (SSSR count). The molecule has 1 aliphatic heterocycles. The van der Waals surface area contributed by atoms with Crippen LogP contribution in [0.4, 0.5) is 16.3 Å². The summed E-state index contributed by atoms with van der Waals surface area (Å²) in [6.07, 6.45) is 2.00.